The van der Waals surface area contributed by atoms with Gasteiger partial charge in [0.05, 0.1) is 19.3 Å². The van der Waals surface area contributed by atoms with Gasteiger partial charge in [0.15, 0.2) is 5.96 Å². The van der Waals surface area contributed by atoms with E-state index in [-0.39, 0.29) is 36.2 Å². The molecule has 0 spiro atoms. The second-order valence-corrected chi connectivity index (χ2v) is 8.14. The zero-order valence-corrected chi connectivity index (χ0v) is 20.2. The van der Waals surface area contributed by atoms with Crippen LogP contribution in [0.1, 0.15) is 58.8 Å². The minimum atomic E-state index is 0. The van der Waals surface area contributed by atoms with Gasteiger partial charge in [0.2, 0.25) is 0 Å². The number of morpholine rings is 1. The molecule has 1 N–H and O–H groups in total. The highest BCUT2D eigenvalue weighted by molar-refractivity contribution is 14.0. The van der Waals surface area contributed by atoms with Crippen molar-refractivity contribution in [1.29, 1.82) is 0 Å². The zero-order valence-electron chi connectivity index (χ0n) is 17.9. The lowest BCUT2D eigenvalue weighted by Gasteiger charge is -2.38. The van der Waals surface area contributed by atoms with Crippen molar-refractivity contribution in [2.75, 3.05) is 52.5 Å². The van der Waals surface area contributed by atoms with Gasteiger partial charge < -0.3 is 19.7 Å². The van der Waals surface area contributed by atoms with Crippen LogP contribution in [0, 0.1) is 0 Å². The SMILES string of the molecule is CCCCN1CCCCC1CN=C(NCC)N1CCOC(C2CCCO2)C1.I. The number of nitrogens with one attached hydrogen (secondary N) is 1. The number of ether oxygens (including phenoxy) is 2. The summed E-state index contributed by atoms with van der Waals surface area (Å²) in [6.45, 7) is 12.2. The van der Waals surface area contributed by atoms with Gasteiger partial charge in [-0.1, -0.05) is 19.8 Å². The van der Waals surface area contributed by atoms with Crippen molar-refractivity contribution in [3.63, 3.8) is 0 Å². The van der Waals surface area contributed by atoms with Crippen LogP contribution in [0.15, 0.2) is 4.99 Å². The molecule has 0 amide bonds. The number of guanidine groups is 1. The maximum Gasteiger partial charge on any atom is 0.194 e. The van der Waals surface area contributed by atoms with Crippen molar-refractivity contribution in [1.82, 2.24) is 15.1 Å². The molecule has 164 valence electrons. The minimum Gasteiger partial charge on any atom is -0.375 e. The van der Waals surface area contributed by atoms with E-state index < -0.39 is 0 Å². The van der Waals surface area contributed by atoms with Gasteiger partial charge >= 0.3 is 0 Å². The van der Waals surface area contributed by atoms with Crippen LogP contribution in [-0.2, 0) is 9.47 Å². The third-order valence-corrected chi connectivity index (χ3v) is 6.11. The Hall–Kier alpha value is -0.120. The van der Waals surface area contributed by atoms with Crippen LogP contribution < -0.4 is 5.32 Å². The molecule has 0 saturated carbocycles. The third-order valence-electron chi connectivity index (χ3n) is 6.11. The van der Waals surface area contributed by atoms with Gasteiger partial charge in [-0.3, -0.25) is 9.89 Å². The first-order valence-corrected chi connectivity index (χ1v) is 11.3. The molecule has 3 heterocycles. The lowest BCUT2D eigenvalue weighted by Crippen LogP contribution is -2.53. The Balaban J connectivity index is 0.00000280. The molecule has 3 aliphatic rings. The van der Waals surface area contributed by atoms with Crippen molar-refractivity contribution >= 4 is 29.9 Å². The average molecular weight is 508 g/mol. The van der Waals surface area contributed by atoms with Gasteiger partial charge in [0.25, 0.3) is 0 Å². The zero-order chi connectivity index (χ0) is 18.9. The molecule has 0 bridgehead atoms. The van der Waals surface area contributed by atoms with Crippen LogP contribution in [0.3, 0.4) is 0 Å². The number of nitrogens with zero attached hydrogens (tertiary/aromatic N) is 3. The minimum absolute atomic E-state index is 0. The summed E-state index contributed by atoms with van der Waals surface area (Å²) in [7, 11) is 0. The van der Waals surface area contributed by atoms with Crippen molar-refractivity contribution in [3.05, 3.63) is 0 Å². The summed E-state index contributed by atoms with van der Waals surface area (Å²) in [4.78, 5) is 10.1. The molecule has 0 aliphatic carbocycles. The molecule has 0 aromatic rings. The number of likely N-dealkylation sites (tertiary alicyclic amines) is 1. The normalized spacial score (nSPS) is 29.6. The maximum atomic E-state index is 6.02. The van der Waals surface area contributed by atoms with Crippen LogP contribution >= 0.6 is 24.0 Å². The molecule has 0 aromatic carbocycles. The van der Waals surface area contributed by atoms with Gasteiger partial charge in [-0.05, 0) is 52.1 Å². The summed E-state index contributed by atoms with van der Waals surface area (Å²) in [6.07, 6.45) is 9.27. The maximum absolute atomic E-state index is 6.02. The monoisotopic (exact) mass is 508 g/mol. The smallest absolute Gasteiger partial charge is 0.194 e. The van der Waals surface area contributed by atoms with E-state index >= 15 is 0 Å². The highest BCUT2D eigenvalue weighted by atomic mass is 127. The Morgan fingerprint density at radius 2 is 1.89 bits per heavy atom. The van der Waals surface area contributed by atoms with Crippen LogP contribution in [0.25, 0.3) is 0 Å². The van der Waals surface area contributed by atoms with Crippen molar-refractivity contribution in [2.45, 2.75) is 77.0 Å². The summed E-state index contributed by atoms with van der Waals surface area (Å²) < 4.78 is 11.9. The second kappa shape index (κ2) is 13.2. The Morgan fingerprint density at radius 3 is 2.64 bits per heavy atom. The molecule has 0 aromatic heterocycles. The van der Waals surface area contributed by atoms with Gasteiger partial charge in [-0.15, -0.1) is 24.0 Å². The Morgan fingerprint density at radius 1 is 1.04 bits per heavy atom. The molecule has 0 radical (unpaired) electrons. The molecule has 3 aliphatic heterocycles. The Kier molecular flexibility index (Phi) is 11.4. The molecule has 3 rings (SSSR count). The Labute approximate surface area is 188 Å². The largest absolute Gasteiger partial charge is 0.375 e. The van der Waals surface area contributed by atoms with Crippen LogP contribution in [0.2, 0.25) is 0 Å². The highest BCUT2D eigenvalue weighted by Gasteiger charge is 2.32. The first-order chi connectivity index (χ1) is 13.3. The first kappa shape index (κ1) is 24.2. The number of aliphatic imine (C=N–C) groups is 1. The van der Waals surface area contributed by atoms with Gasteiger partial charge in [-0.25, -0.2) is 0 Å². The number of piperidine rings is 1. The molecule has 3 fully saturated rings. The third kappa shape index (κ3) is 6.99. The molecule has 28 heavy (non-hydrogen) atoms. The summed E-state index contributed by atoms with van der Waals surface area (Å²) in [5.41, 5.74) is 0. The number of rotatable bonds is 7. The number of hydrogen-bond donors (Lipinski definition) is 1. The van der Waals surface area contributed by atoms with E-state index in [4.69, 9.17) is 14.5 Å². The molecule has 3 saturated heterocycles. The number of unbranched alkanes of at least 4 members (excludes halogenated alkanes) is 1. The fourth-order valence-corrected chi connectivity index (χ4v) is 4.53. The van der Waals surface area contributed by atoms with Crippen molar-refractivity contribution in [3.8, 4) is 0 Å². The van der Waals surface area contributed by atoms with E-state index in [1.54, 1.807) is 0 Å². The van der Waals surface area contributed by atoms with Gasteiger partial charge in [0.1, 0.15) is 6.10 Å². The summed E-state index contributed by atoms with van der Waals surface area (Å²) >= 11 is 0. The van der Waals surface area contributed by atoms with Crippen LogP contribution in [0.5, 0.6) is 0 Å². The van der Waals surface area contributed by atoms with Gasteiger partial charge in [0, 0.05) is 32.3 Å². The van der Waals surface area contributed by atoms with E-state index in [9.17, 15) is 0 Å². The first-order valence-electron chi connectivity index (χ1n) is 11.3. The molecule has 3 unspecified atom stereocenters. The summed E-state index contributed by atoms with van der Waals surface area (Å²) in [5.74, 6) is 1.06. The second-order valence-electron chi connectivity index (χ2n) is 8.14. The molecule has 7 heteroatoms. The topological polar surface area (TPSA) is 49.3 Å². The van der Waals surface area contributed by atoms with E-state index in [2.05, 4.69) is 29.0 Å². The average Bonchev–Trinajstić information content (AvgIpc) is 3.25. The number of halogens is 1. The Bertz CT molecular complexity index is 460. The van der Waals surface area contributed by atoms with E-state index in [0.29, 0.717) is 6.04 Å². The van der Waals surface area contributed by atoms with E-state index in [1.165, 1.54) is 45.2 Å². The van der Waals surface area contributed by atoms with Crippen LogP contribution in [-0.4, -0.2) is 86.5 Å². The molecular weight excluding hydrogens is 467 g/mol. The summed E-state index contributed by atoms with van der Waals surface area (Å²) in [6, 6.07) is 0.606. The fourth-order valence-electron chi connectivity index (χ4n) is 4.53. The number of hydrogen-bond acceptors (Lipinski definition) is 4. The summed E-state index contributed by atoms with van der Waals surface area (Å²) in [5, 5.41) is 3.52. The predicted octanol–water partition coefficient (Wildman–Crippen LogP) is 3.10. The van der Waals surface area contributed by atoms with E-state index in [1.807, 2.05) is 0 Å². The molecular formula is C21H41IN4O2. The predicted molar refractivity (Wildman–Crippen MR) is 126 cm³/mol. The lowest BCUT2D eigenvalue weighted by molar-refractivity contribution is -0.0817. The van der Waals surface area contributed by atoms with Gasteiger partial charge in [-0.2, -0.15) is 0 Å². The van der Waals surface area contributed by atoms with Crippen LogP contribution in [0.4, 0.5) is 0 Å². The quantitative estimate of drug-likeness (QED) is 0.326. The fraction of sp³-hybridized carbons (Fsp3) is 0.952. The van der Waals surface area contributed by atoms with E-state index in [0.717, 1.165) is 58.2 Å². The van der Waals surface area contributed by atoms with Crippen molar-refractivity contribution < 1.29 is 9.47 Å². The van der Waals surface area contributed by atoms with Crippen molar-refractivity contribution in [2.24, 2.45) is 4.99 Å². The highest BCUT2D eigenvalue weighted by Crippen LogP contribution is 2.21. The molecule has 3 atom stereocenters. The lowest BCUT2D eigenvalue weighted by atomic mass is 10.0. The molecule has 6 nitrogen and oxygen atoms in total. The standard InChI is InChI=1S/C21H40N4O2.HI/c1-3-5-11-24-12-7-6-9-18(24)16-23-21(22-4-2)25-13-15-27-20(17-25)19-10-8-14-26-19;/h18-20H,3-17H2,1-2H3,(H,22,23);1H.